The molecule has 0 radical (unpaired) electrons. The number of nitrogens with zero attached hydrogens (tertiary/aromatic N) is 2. The summed E-state index contributed by atoms with van der Waals surface area (Å²) >= 11 is 3.49. The molecule has 106 valence electrons. The summed E-state index contributed by atoms with van der Waals surface area (Å²) in [6.45, 7) is 4.06. The number of carboxylic acids is 1. The van der Waals surface area contributed by atoms with Crippen LogP contribution in [0.15, 0.2) is 22.7 Å². The zero-order valence-electron chi connectivity index (χ0n) is 11.8. The first-order chi connectivity index (χ1) is 9.40. The third-order valence-electron chi connectivity index (χ3n) is 3.45. The molecule has 1 aromatic carbocycles. The zero-order chi connectivity index (χ0) is 14.9. The second kappa shape index (κ2) is 5.79. The fraction of sp³-hybridized carbons (Fsp3) is 0.333. The fourth-order valence-electron chi connectivity index (χ4n) is 2.29. The number of rotatable bonds is 4. The minimum atomic E-state index is -0.801. The number of aryl methyl sites for hydroxylation is 3. The molecule has 5 heteroatoms. The van der Waals surface area contributed by atoms with Crippen LogP contribution in [0.5, 0.6) is 0 Å². The Hall–Kier alpha value is -1.62. The maximum Gasteiger partial charge on any atom is 0.303 e. The third-order valence-corrected chi connectivity index (χ3v) is 3.94. The SMILES string of the molecule is Cc1ccc(Br)cc1-c1c(CCC(=O)O)nn(C)c1C. The minimum Gasteiger partial charge on any atom is -0.481 e. The number of aliphatic carboxylic acids is 1. The summed E-state index contributed by atoms with van der Waals surface area (Å²) in [5.41, 5.74) is 5.19. The van der Waals surface area contributed by atoms with E-state index < -0.39 is 5.97 Å². The van der Waals surface area contributed by atoms with Crippen LogP contribution in [0.2, 0.25) is 0 Å². The number of carbonyl (C=O) groups is 1. The van der Waals surface area contributed by atoms with Crippen molar-refractivity contribution in [1.82, 2.24) is 9.78 Å². The second-order valence-electron chi connectivity index (χ2n) is 4.88. The van der Waals surface area contributed by atoms with Crippen LogP contribution in [0.3, 0.4) is 0 Å². The Kier molecular flexibility index (Phi) is 4.28. The van der Waals surface area contributed by atoms with Gasteiger partial charge in [-0.1, -0.05) is 22.0 Å². The van der Waals surface area contributed by atoms with E-state index in [9.17, 15) is 4.79 Å². The fourth-order valence-corrected chi connectivity index (χ4v) is 2.65. The molecule has 0 atom stereocenters. The summed E-state index contributed by atoms with van der Waals surface area (Å²) < 4.78 is 2.82. The molecule has 0 amide bonds. The molecule has 4 nitrogen and oxygen atoms in total. The summed E-state index contributed by atoms with van der Waals surface area (Å²) in [6, 6.07) is 6.11. The van der Waals surface area contributed by atoms with Gasteiger partial charge in [0, 0.05) is 29.2 Å². The molecule has 0 aliphatic carbocycles. The molecule has 1 aromatic heterocycles. The summed E-state index contributed by atoms with van der Waals surface area (Å²) in [6.07, 6.45) is 0.537. The van der Waals surface area contributed by atoms with Crippen molar-refractivity contribution in [3.05, 3.63) is 39.6 Å². The van der Waals surface area contributed by atoms with Gasteiger partial charge < -0.3 is 5.11 Å². The van der Waals surface area contributed by atoms with Gasteiger partial charge in [-0.25, -0.2) is 0 Å². The molecular weight excluding hydrogens is 320 g/mol. The van der Waals surface area contributed by atoms with Gasteiger partial charge in [0.1, 0.15) is 0 Å². The molecule has 0 aliphatic heterocycles. The van der Waals surface area contributed by atoms with Crippen LogP contribution < -0.4 is 0 Å². The maximum atomic E-state index is 10.8. The first kappa shape index (κ1) is 14.8. The average molecular weight is 337 g/mol. The van der Waals surface area contributed by atoms with Gasteiger partial charge in [-0.2, -0.15) is 5.10 Å². The summed E-state index contributed by atoms with van der Waals surface area (Å²) in [7, 11) is 1.89. The van der Waals surface area contributed by atoms with E-state index in [0.29, 0.717) is 6.42 Å². The first-order valence-corrected chi connectivity index (χ1v) is 7.20. The molecular formula is C15H17BrN2O2. The van der Waals surface area contributed by atoms with Crippen LogP contribution in [-0.4, -0.2) is 20.9 Å². The van der Waals surface area contributed by atoms with Gasteiger partial charge in [-0.15, -0.1) is 0 Å². The van der Waals surface area contributed by atoms with Gasteiger partial charge in [0.05, 0.1) is 12.1 Å². The van der Waals surface area contributed by atoms with E-state index in [2.05, 4.69) is 34.0 Å². The van der Waals surface area contributed by atoms with Crippen molar-refractivity contribution in [2.45, 2.75) is 26.7 Å². The summed E-state index contributed by atoms with van der Waals surface area (Å²) in [5, 5.41) is 13.3. The normalized spacial score (nSPS) is 10.8. The zero-order valence-corrected chi connectivity index (χ0v) is 13.4. The number of hydrogen-bond donors (Lipinski definition) is 1. The van der Waals surface area contributed by atoms with Gasteiger partial charge in [0.15, 0.2) is 0 Å². The van der Waals surface area contributed by atoms with Gasteiger partial charge >= 0.3 is 5.97 Å². The van der Waals surface area contributed by atoms with E-state index in [-0.39, 0.29) is 6.42 Å². The number of benzene rings is 1. The molecule has 0 saturated carbocycles. The predicted molar refractivity (Wildman–Crippen MR) is 81.8 cm³/mol. The second-order valence-corrected chi connectivity index (χ2v) is 5.80. The van der Waals surface area contributed by atoms with E-state index in [4.69, 9.17) is 5.11 Å². The van der Waals surface area contributed by atoms with Crippen LogP contribution in [0.1, 0.15) is 23.4 Å². The molecule has 0 bridgehead atoms. The number of halogens is 1. The molecule has 0 unspecified atom stereocenters. The lowest BCUT2D eigenvalue weighted by Gasteiger charge is -2.08. The quantitative estimate of drug-likeness (QED) is 0.929. The summed E-state index contributed by atoms with van der Waals surface area (Å²) in [5.74, 6) is -0.801. The lowest BCUT2D eigenvalue weighted by molar-refractivity contribution is -0.136. The molecule has 0 fully saturated rings. The van der Waals surface area contributed by atoms with Gasteiger partial charge in [0.2, 0.25) is 0 Å². The Bertz CT molecular complexity index is 662. The van der Waals surface area contributed by atoms with Crippen molar-refractivity contribution in [2.24, 2.45) is 7.05 Å². The van der Waals surface area contributed by atoms with Crippen molar-refractivity contribution >= 4 is 21.9 Å². The Morgan fingerprint density at radius 3 is 2.75 bits per heavy atom. The van der Waals surface area contributed by atoms with Crippen molar-refractivity contribution in [2.75, 3.05) is 0 Å². The highest BCUT2D eigenvalue weighted by atomic mass is 79.9. The highest BCUT2D eigenvalue weighted by Crippen LogP contribution is 2.32. The molecule has 2 rings (SSSR count). The van der Waals surface area contributed by atoms with Gasteiger partial charge in [0.25, 0.3) is 0 Å². The van der Waals surface area contributed by atoms with E-state index in [0.717, 1.165) is 32.6 Å². The van der Waals surface area contributed by atoms with E-state index >= 15 is 0 Å². The molecule has 2 aromatic rings. The van der Waals surface area contributed by atoms with Crippen LogP contribution >= 0.6 is 15.9 Å². The lowest BCUT2D eigenvalue weighted by Crippen LogP contribution is -2.00. The summed E-state index contributed by atoms with van der Waals surface area (Å²) in [4.78, 5) is 10.8. The molecule has 1 N–H and O–H groups in total. The van der Waals surface area contributed by atoms with E-state index in [1.54, 1.807) is 0 Å². The number of hydrogen-bond acceptors (Lipinski definition) is 2. The highest BCUT2D eigenvalue weighted by molar-refractivity contribution is 9.10. The van der Waals surface area contributed by atoms with Crippen LogP contribution in [0.25, 0.3) is 11.1 Å². The Morgan fingerprint density at radius 1 is 1.40 bits per heavy atom. The molecule has 0 aliphatic rings. The van der Waals surface area contributed by atoms with Crippen molar-refractivity contribution in [1.29, 1.82) is 0 Å². The maximum absolute atomic E-state index is 10.8. The Balaban J connectivity index is 2.54. The van der Waals surface area contributed by atoms with Crippen molar-refractivity contribution in [3.63, 3.8) is 0 Å². The Morgan fingerprint density at radius 2 is 2.10 bits per heavy atom. The third kappa shape index (κ3) is 2.93. The van der Waals surface area contributed by atoms with E-state index in [1.807, 2.05) is 30.8 Å². The predicted octanol–water partition coefficient (Wildman–Crippen LogP) is 3.48. The lowest BCUT2D eigenvalue weighted by atomic mass is 9.97. The van der Waals surface area contributed by atoms with Crippen LogP contribution in [0.4, 0.5) is 0 Å². The molecule has 0 spiro atoms. The van der Waals surface area contributed by atoms with Crippen molar-refractivity contribution < 1.29 is 9.90 Å². The topological polar surface area (TPSA) is 55.1 Å². The Labute approximate surface area is 126 Å². The number of aromatic nitrogens is 2. The van der Waals surface area contributed by atoms with Gasteiger partial charge in [-0.3, -0.25) is 9.48 Å². The first-order valence-electron chi connectivity index (χ1n) is 6.41. The minimum absolute atomic E-state index is 0.0938. The standard InChI is InChI=1S/C15H17BrN2O2/c1-9-4-5-11(16)8-12(9)15-10(2)18(3)17-13(15)6-7-14(19)20/h4-5,8H,6-7H2,1-3H3,(H,19,20). The largest absolute Gasteiger partial charge is 0.481 e. The molecule has 0 saturated heterocycles. The van der Waals surface area contributed by atoms with Crippen LogP contribution in [0, 0.1) is 13.8 Å². The number of carboxylic acid groups (broad SMARTS) is 1. The van der Waals surface area contributed by atoms with Gasteiger partial charge in [-0.05, 0) is 37.1 Å². The molecule has 20 heavy (non-hydrogen) atoms. The average Bonchev–Trinajstić information content (AvgIpc) is 2.66. The molecule has 1 heterocycles. The highest BCUT2D eigenvalue weighted by Gasteiger charge is 2.17. The van der Waals surface area contributed by atoms with Crippen molar-refractivity contribution in [3.8, 4) is 11.1 Å². The monoisotopic (exact) mass is 336 g/mol. The smallest absolute Gasteiger partial charge is 0.303 e. The van der Waals surface area contributed by atoms with E-state index in [1.165, 1.54) is 0 Å². The van der Waals surface area contributed by atoms with Crippen LogP contribution in [-0.2, 0) is 18.3 Å².